The van der Waals surface area contributed by atoms with Gasteiger partial charge in [0.05, 0.1) is 7.11 Å². The Morgan fingerprint density at radius 1 is 1.59 bits per heavy atom. The average molecular weight is 235 g/mol. The first-order valence-electron chi connectivity index (χ1n) is 6.32. The summed E-state index contributed by atoms with van der Waals surface area (Å²) < 4.78 is 5.17. The first-order valence-corrected chi connectivity index (χ1v) is 6.32. The minimum Gasteiger partial charge on any atom is -0.481 e. The van der Waals surface area contributed by atoms with Gasteiger partial charge >= 0.3 is 0 Å². The van der Waals surface area contributed by atoms with Gasteiger partial charge in [0.25, 0.3) is 0 Å². The fourth-order valence-electron chi connectivity index (χ4n) is 2.30. The Labute approximate surface area is 103 Å². The van der Waals surface area contributed by atoms with E-state index < -0.39 is 0 Å². The van der Waals surface area contributed by atoms with Gasteiger partial charge in [-0.15, -0.1) is 0 Å². The van der Waals surface area contributed by atoms with Crippen LogP contribution >= 0.6 is 0 Å². The van der Waals surface area contributed by atoms with E-state index in [4.69, 9.17) is 4.74 Å². The molecule has 0 amide bonds. The number of hydrogen-bond donors (Lipinski definition) is 1. The Kier molecular flexibility index (Phi) is 4.20. The Morgan fingerprint density at radius 3 is 3.12 bits per heavy atom. The van der Waals surface area contributed by atoms with Crippen molar-refractivity contribution in [2.45, 2.75) is 25.8 Å². The highest BCUT2D eigenvalue weighted by molar-refractivity contribution is 5.48. The number of likely N-dealkylation sites (N-methyl/N-ethyl adjacent to an activating group) is 1. The maximum Gasteiger partial charge on any atom is 0.214 e. The van der Waals surface area contributed by atoms with Gasteiger partial charge in [-0.1, -0.05) is 0 Å². The van der Waals surface area contributed by atoms with Crippen molar-refractivity contribution in [3.63, 3.8) is 0 Å². The molecule has 1 unspecified atom stereocenters. The average Bonchev–Trinajstić information content (AvgIpc) is 2.89. The second-order valence-electron chi connectivity index (χ2n) is 4.39. The van der Waals surface area contributed by atoms with E-state index in [2.05, 4.69) is 22.1 Å². The minimum absolute atomic E-state index is 0.620. The van der Waals surface area contributed by atoms with Crippen LogP contribution in [-0.4, -0.2) is 37.8 Å². The lowest BCUT2D eigenvalue weighted by molar-refractivity contribution is 0.398. The van der Waals surface area contributed by atoms with E-state index in [0.717, 1.165) is 19.6 Å². The molecule has 0 radical (unpaired) electrons. The number of methoxy groups -OCH3 is 1. The van der Waals surface area contributed by atoms with Crippen LogP contribution in [0.15, 0.2) is 18.3 Å². The molecule has 0 aromatic carbocycles. The van der Waals surface area contributed by atoms with Gasteiger partial charge in [-0.2, -0.15) is 0 Å². The van der Waals surface area contributed by atoms with Gasteiger partial charge in [-0.05, 0) is 32.4 Å². The van der Waals surface area contributed by atoms with Crippen molar-refractivity contribution in [3.05, 3.63) is 18.3 Å². The van der Waals surface area contributed by atoms with Crippen LogP contribution in [0.1, 0.15) is 19.8 Å². The lowest BCUT2D eigenvalue weighted by Gasteiger charge is -2.26. The summed E-state index contributed by atoms with van der Waals surface area (Å²) >= 11 is 0. The van der Waals surface area contributed by atoms with Gasteiger partial charge in [0.2, 0.25) is 5.88 Å². The molecule has 94 valence electrons. The van der Waals surface area contributed by atoms with Crippen molar-refractivity contribution >= 4 is 5.69 Å². The van der Waals surface area contributed by atoms with Crippen molar-refractivity contribution in [2.75, 3.05) is 31.6 Å². The zero-order valence-electron chi connectivity index (χ0n) is 10.6. The van der Waals surface area contributed by atoms with Crippen molar-refractivity contribution in [2.24, 2.45) is 0 Å². The van der Waals surface area contributed by atoms with E-state index in [1.165, 1.54) is 18.5 Å². The molecule has 2 heterocycles. The van der Waals surface area contributed by atoms with Crippen molar-refractivity contribution in [1.82, 2.24) is 10.3 Å². The summed E-state index contributed by atoms with van der Waals surface area (Å²) in [7, 11) is 1.65. The van der Waals surface area contributed by atoms with Gasteiger partial charge in [-0.3, -0.25) is 0 Å². The van der Waals surface area contributed by atoms with E-state index in [1.807, 2.05) is 12.1 Å². The summed E-state index contributed by atoms with van der Waals surface area (Å²) in [5.74, 6) is 0.681. The van der Waals surface area contributed by atoms with E-state index in [1.54, 1.807) is 13.3 Å². The standard InChI is InChI=1S/C13H21N3O/c1-3-16(10-11-5-4-7-14-11)12-6-8-15-13(9-12)17-2/h6,8-9,11,14H,3-5,7,10H2,1-2H3. The van der Waals surface area contributed by atoms with Gasteiger partial charge in [0.1, 0.15) is 0 Å². The van der Waals surface area contributed by atoms with E-state index in [0.29, 0.717) is 11.9 Å². The van der Waals surface area contributed by atoms with E-state index >= 15 is 0 Å². The van der Waals surface area contributed by atoms with Gasteiger partial charge in [-0.25, -0.2) is 4.98 Å². The molecule has 0 bridgehead atoms. The molecule has 0 aliphatic carbocycles. The maximum absolute atomic E-state index is 5.17. The third-order valence-corrected chi connectivity index (χ3v) is 3.28. The molecule has 1 fully saturated rings. The Hall–Kier alpha value is -1.29. The SMILES string of the molecule is CCN(CC1CCCN1)c1ccnc(OC)c1. The van der Waals surface area contributed by atoms with Gasteiger partial charge in [0, 0.05) is 37.1 Å². The van der Waals surface area contributed by atoms with E-state index in [9.17, 15) is 0 Å². The number of anilines is 1. The molecule has 1 aromatic rings. The zero-order chi connectivity index (χ0) is 12.1. The summed E-state index contributed by atoms with van der Waals surface area (Å²) in [6, 6.07) is 4.66. The van der Waals surface area contributed by atoms with Crippen LogP contribution in [0.4, 0.5) is 5.69 Å². The Bertz CT molecular complexity index is 350. The van der Waals surface area contributed by atoms with Crippen LogP contribution in [-0.2, 0) is 0 Å². The topological polar surface area (TPSA) is 37.4 Å². The Morgan fingerprint density at radius 2 is 2.47 bits per heavy atom. The largest absolute Gasteiger partial charge is 0.481 e. The lowest BCUT2D eigenvalue weighted by Crippen LogP contribution is -2.37. The molecule has 2 rings (SSSR count). The van der Waals surface area contributed by atoms with Crippen LogP contribution in [0.2, 0.25) is 0 Å². The number of ether oxygens (including phenoxy) is 1. The molecule has 1 aliphatic heterocycles. The summed E-state index contributed by atoms with van der Waals surface area (Å²) in [5.41, 5.74) is 1.19. The van der Waals surface area contributed by atoms with Crippen LogP contribution < -0.4 is 15.0 Å². The molecule has 1 N–H and O–H groups in total. The molecule has 0 spiro atoms. The predicted octanol–water partition coefficient (Wildman–Crippen LogP) is 1.67. The molecule has 1 atom stereocenters. The monoisotopic (exact) mass is 235 g/mol. The molecular formula is C13H21N3O. The number of pyridine rings is 1. The minimum atomic E-state index is 0.620. The fraction of sp³-hybridized carbons (Fsp3) is 0.615. The van der Waals surface area contributed by atoms with Crippen molar-refractivity contribution < 1.29 is 4.74 Å². The van der Waals surface area contributed by atoms with Crippen LogP contribution in [0.3, 0.4) is 0 Å². The second-order valence-corrected chi connectivity index (χ2v) is 4.39. The van der Waals surface area contributed by atoms with Gasteiger partial charge < -0.3 is 15.0 Å². The number of hydrogen-bond acceptors (Lipinski definition) is 4. The summed E-state index contributed by atoms with van der Waals surface area (Å²) in [5, 5.41) is 3.53. The number of aromatic nitrogens is 1. The van der Waals surface area contributed by atoms with E-state index in [-0.39, 0.29) is 0 Å². The summed E-state index contributed by atoms with van der Waals surface area (Å²) in [6.45, 7) is 5.40. The summed E-state index contributed by atoms with van der Waals surface area (Å²) in [6.07, 6.45) is 4.37. The van der Waals surface area contributed by atoms with Crippen molar-refractivity contribution in [3.8, 4) is 5.88 Å². The normalized spacial score (nSPS) is 19.3. The fourth-order valence-corrected chi connectivity index (χ4v) is 2.30. The molecule has 4 heteroatoms. The Balaban J connectivity index is 2.04. The molecule has 1 aliphatic rings. The van der Waals surface area contributed by atoms with Crippen LogP contribution in [0, 0.1) is 0 Å². The number of nitrogens with zero attached hydrogens (tertiary/aromatic N) is 2. The van der Waals surface area contributed by atoms with Crippen LogP contribution in [0.25, 0.3) is 0 Å². The molecule has 4 nitrogen and oxygen atoms in total. The molecule has 1 saturated heterocycles. The molecule has 17 heavy (non-hydrogen) atoms. The second kappa shape index (κ2) is 5.87. The van der Waals surface area contributed by atoms with Crippen molar-refractivity contribution in [1.29, 1.82) is 0 Å². The third kappa shape index (κ3) is 3.09. The lowest BCUT2D eigenvalue weighted by atomic mass is 10.2. The number of rotatable bonds is 5. The maximum atomic E-state index is 5.17. The number of nitrogens with one attached hydrogen (secondary N) is 1. The summed E-state index contributed by atoms with van der Waals surface area (Å²) in [4.78, 5) is 6.51. The third-order valence-electron chi connectivity index (χ3n) is 3.28. The quantitative estimate of drug-likeness (QED) is 0.842. The highest BCUT2D eigenvalue weighted by Gasteiger charge is 2.17. The highest BCUT2D eigenvalue weighted by atomic mass is 16.5. The predicted molar refractivity (Wildman–Crippen MR) is 69.7 cm³/mol. The molecule has 1 aromatic heterocycles. The first kappa shape index (κ1) is 12.2. The zero-order valence-corrected chi connectivity index (χ0v) is 10.6. The van der Waals surface area contributed by atoms with Crippen LogP contribution in [0.5, 0.6) is 5.88 Å². The highest BCUT2D eigenvalue weighted by Crippen LogP contribution is 2.19. The smallest absolute Gasteiger partial charge is 0.214 e. The first-order chi connectivity index (χ1) is 8.33. The molecule has 0 saturated carbocycles. The molecular weight excluding hydrogens is 214 g/mol. The van der Waals surface area contributed by atoms with Gasteiger partial charge in [0.15, 0.2) is 0 Å².